The van der Waals surface area contributed by atoms with Gasteiger partial charge in [0.15, 0.2) is 6.10 Å². The Balaban J connectivity index is 1.27. The molecule has 0 aliphatic carbocycles. The van der Waals surface area contributed by atoms with Crippen LogP contribution in [0.1, 0.15) is 12.0 Å². The maximum atomic E-state index is 14.4. The average Bonchev–Trinajstić information content (AvgIpc) is 2.86. The van der Waals surface area contributed by atoms with Gasteiger partial charge in [0.25, 0.3) is 5.91 Å². The van der Waals surface area contributed by atoms with Crippen LogP contribution in [-0.2, 0) is 11.2 Å². The Labute approximate surface area is 207 Å². The predicted molar refractivity (Wildman–Crippen MR) is 139 cm³/mol. The molecule has 2 saturated heterocycles. The first-order chi connectivity index (χ1) is 16.8. The van der Waals surface area contributed by atoms with Gasteiger partial charge in [-0.15, -0.1) is 0 Å². The van der Waals surface area contributed by atoms with Crippen molar-refractivity contribution < 1.29 is 13.9 Å². The molecule has 35 heavy (non-hydrogen) atoms. The summed E-state index contributed by atoms with van der Waals surface area (Å²) in [5.74, 6) is 0.253. The molecular weight excluding hydrogens is 445 g/mol. The molecule has 2 aromatic rings. The zero-order chi connectivity index (χ0) is 24.6. The molecule has 5 rings (SSSR count). The number of quaternary nitrogens is 1. The number of rotatable bonds is 4. The molecule has 0 bridgehead atoms. The van der Waals surface area contributed by atoms with Crippen LogP contribution in [0.25, 0.3) is 0 Å². The number of nitrogens with zero attached hydrogens (tertiary/aromatic N) is 4. The number of halogens is 1. The monoisotopic (exact) mass is 482 g/mol. The Morgan fingerprint density at radius 1 is 1.00 bits per heavy atom. The summed E-state index contributed by atoms with van der Waals surface area (Å²) in [5.41, 5.74) is 3.64. The third-order valence-electron chi connectivity index (χ3n) is 7.89. The van der Waals surface area contributed by atoms with Crippen LogP contribution in [0.2, 0.25) is 0 Å². The highest BCUT2D eigenvalue weighted by Crippen LogP contribution is 2.39. The van der Waals surface area contributed by atoms with Gasteiger partial charge in [-0.05, 0) is 50.7 Å². The van der Waals surface area contributed by atoms with E-state index in [1.54, 1.807) is 12.1 Å². The van der Waals surface area contributed by atoms with Crippen molar-refractivity contribution in [2.24, 2.45) is 0 Å². The fraction of sp³-hybridized carbons (Fsp3) is 0.519. The Kier molecular flexibility index (Phi) is 6.70. The lowest BCUT2D eigenvalue weighted by atomic mass is 9.99. The standard InChI is InChI=1S/C27H36FN5O2/c1-30-10-12-32(13-11-30)24-19-21(28)18-20-4-9-25(35-26(20)24)27(34)29-22-5-7-23(8-6-22)33(3)16-14-31(2)15-17-33/h5-8,18-19,25H,4,9-17H2,1-3H3/p+1. The lowest BCUT2D eigenvalue weighted by molar-refractivity contribution is -0.123. The second kappa shape index (κ2) is 9.76. The van der Waals surface area contributed by atoms with Crippen molar-refractivity contribution in [3.63, 3.8) is 0 Å². The number of fused-ring (bicyclic) bond motifs is 1. The molecule has 2 aromatic carbocycles. The van der Waals surface area contributed by atoms with Gasteiger partial charge in [-0.2, -0.15) is 0 Å². The molecule has 2 fully saturated rings. The minimum atomic E-state index is -0.596. The third-order valence-corrected chi connectivity index (χ3v) is 7.89. The van der Waals surface area contributed by atoms with Crippen molar-refractivity contribution in [2.45, 2.75) is 18.9 Å². The van der Waals surface area contributed by atoms with Crippen molar-refractivity contribution in [1.82, 2.24) is 14.3 Å². The number of hydrogen-bond acceptors (Lipinski definition) is 5. The number of carbonyl (C=O) groups is 1. The molecule has 188 valence electrons. The van der Waals surface area contributed by atoms with E-state index in [1.165, 1.54) is 5.69 Å². The highest BCUT2D eigenvalue weighted by Gasteiger charge is 2.32. The quantitative estimate of drug-likeness (QED) is 0.680. The molecule has 1 N–H and O–H groups in total. The van der Waals surface area contributed by atoms with Crippen molar-refractivity contribution >= 4 is 23.0 Å². The number of anilines is 2. The molecule has 3 aliphatic rings. The fourth-order valence-electron chi connectivity index (χ4n) is 5.30. The SMILES string of the molecule is CN1CCN(c2cc(F)cc3c2OC(C(=O)Nc2ccc([N+]4(C)CCN(C)CC4)cc2)CC3)CC1. The Morgan fingerprint density at radius 3 is 2.34 bits per heavy atom. The number of aryl methyl sites for hydroxylation is 1. The van der Waals surface area contributed by atoms with Crippen molar-refractivity contribution in [3.8, 4) is 5.75 Å². The number of amides is 1. The first kappa shape index (κ1) is 24.0. The normalized spacial score (nSPS) is 22.9. The van der Waals surface area contributed by atoms with Crippen LogP contribution in [0.15, 0.2) is 36.4 Å². The van der Waals surface area contributed by atoms with Crippen molar-refractivity contribution in [1.29, 1.82) is 0 Å². The Morgan fingerprint density at radius 2 is 1.66 bits per heavy atom. The van der Waals surface area contributed by atoms with E-state index in [2.05, 4.69) is 53.3 Å². The Hall–Kier alpha value is -2.68. The molecule has 1 unspecified atom stereocenters. The first-order valence-corrected chi connectivity index (χ1v) is 12.7. The number of likely N-dealkylation sites (N-methyl/N-ethyl adjacent to an activating group) is 3. The summed E-state index contributed by atoms with van der Waals surface area (Å²) in [6.45, 7) is 7.77. The molecule has 1 amide bonds. The number of nitrogens with one attached hydrogen (secondary N) is 1. The van der Waals surface area contributed by atoms with Crippen LogP contribution in [0, 0.1) is 5.82 Å². The summed E-state index contributed by atoms with van der Waals surface area (Å²) in [4.78, 5) is 19.9. The first-order valence-electron chi connectivity index (χ1n) is 12.7. The van der Waals surface area contributed by atoms with Crippen LogP contribution in [0.5, 0.6) is 5.75 Å². The molecule has 8 heteroatoms. The second-order valence-corrected chi connectivity index (χ2v) is 10.5. The number of carbonyl (C=O) groups excluding carboxylic acids is 1. The van der Waals surface area contributed by atoms with E-state index in [9.17, 15) is 9.18 Å². The van der Waals surface area contributed by atoms with E-state index in [0.717, 1.165) is 73.8 Å². The summed E-state index contributed by atoms with van der Waals surface area (Å²) in [6, 6.07) is 11.3. The number of hydrogen-bond donors (Lipinski definition) is 1. The van der Waals surface area contributed by atoms with Gasteiger partial charge in [0.2, 0.25) is 0 Å². The van der Waals surface area contributed by atoms with Crippen LogP contribution in [0.4, 0.5) is 21.5 Å². The van der Waals surface area contributed by atoms with Crippen LogP contribution >= 0.6 is 0 Å². The number of piperazine rings is 2. The van der Waals surface area contributed by atoms with Gasteiger partial charge >= 0.3 is 0 Å². The molecular formula is C27H37FN5O2+. The van der Waals surface area contributed by atoms with Crippen molar-refractivity contribution in [2.75, 3.05) is 83.7 Å². The molecule has 3 heterocycles. The van der Waals surface area contributed by atoms with Gasteiger partial charge in [0.1, 0.15) is 17.3 Å². The lowest BCUT2D eigenvalue weighted by Gasteiger charge is -2.40. The van der Waals surface area contributed by atoms with Crippen LogP contribution in [0.3, 0.4) is 0 Å². The Bertz CT molecular complexity index is 1060. The molecule has 0 radical (unpaired) electrons. The van der Waals surface area contributed by atoms with Gasteiger partial charge in [-0.25, -0.2) is 4.39 Å². The number of benzene rings is 2. The zero-order valence-corrected chi connectivity index (χ0v) is 21.1. The highest BCUT2D eigenvalue weighted by molar-refractivity contribution is 5.95. The highest BCUT2D eigenvalue weighted by atomic mass is 19.1. The molecule has 7 nitrogen and oxygen atoms in total. The molecule has 3 aliphatic heterocycles. The second-order valence-electron chi connectivity index (χ2n) is 10.5. The summed E-state index contributed by atoms with van der Waals surface area (Å²) in [7, 11) is 6.53. The summed E-state index contributed by atoms with van der Waals surface area (Å²) in [5, 5.41) is 3.03. The van der Waals surface area contributed by atoms with Gasteiger partial charge in [0, 0.05) is 63.2 Å². The molecule has 0 spiro atoms. The van der Waals surface area contributed by atoms with Crippen LogP contribution in [-0.4, -0.2) is 95.3 Å². The molecule has 0 aromatic heterocycles. The third kappa shape index (κ3) is 5.15. The summed E-state index contributed by atoms with van der Waals surface area (Å²) < 4.78 is 21.5. The average molecular weight is 483 g/mol. The topological polar surface area (TPSA) is 48.1 Å². The largest absolute Gasteiger partial charge is 0.478 e. The number of ether oxygens (including phenoxy) is 1. The lowest BCUT2D eigenvalue weighted by Crippen LogP contribution is -2.57. The van der Waals surface area contributed by atoms with E-state index in [4.69, 9.17) is 4.74 Å². The minimum Gasteiger partial charge on any atom is -0.478 e. The molecule has 1 atom stereocenters. The van der Waals surface area contributed by atoms with E-state index in [0.29, 0.717) is 18.6 Å². The van der Waals surface area contributed by atoms with E-state index >= 15 is 0 Å². The van der Waals surface area contributed by atoms with Gasteiger partial charge in [0.05, 0.1) is 25.8 Å². The smallest absolute Gasteiger partial charge is 0.265 e. The van der Waals surface area contributed by atoms with Crippen molar-refractivity contribution in [3.05, 3.63) is 47.8 Å². The van der Waals surface area contributed by atoms with E-state index < -0.39 is 6.10 Å². The minimum absolute atomic E-state index is 0.156. The van der Waals surface area contributed by atoms with E-state index in [-0.39, 0.29) is 11.7 Å². The van der Waals surface area contributed by atoms with Crippen LogP contribution < -0.4 is 19.4 Å². The van der Waals surface area contributed by atoms with Gasteiger partial charge < -0.3 is 19.9 Å². The van der Waals surface area contributed by atoms with E-state index in [1.807, 2.05) is 12.1 Å². The molecule has 0 saturated carbocycles. The summed E-state index contributed by atoms with van der Waals surface area (Å²) in [6.07, 6.45) is 0.557. The van der Waals surface area contributed by atoms with Gasteiger partial charge in [-0.1, -0.05) is 0 Å². The maximum Gasteiger partial charge on any atom is 0.265 e. The van der Waals surface area contributed by atoms with Gasteiger partial charge in [-0.3, -0.25) is 14.2 Å². The zero-order valence-electron chi connectivity index (χ0n) is 21.1. The predicted octanol–water partition coefficient (Wildman–Crippen LogP) is 2.79. The summed E-state index contributed by atoms with van der Waals surface area (Å²) >= 11 is 0. The fourth-order valence-corrected chi connectivity index (χ4v) is 5.30. The maximum absolute atomic E-state index is 14.4.